The average molecular weight is 248 g/mol. The third-order valence-corrected chi connectivity index (χ3v) is 5.19. The molecule has 0 aliphatic heterocycles. The number of methoxy groups -OCH3 is 1. The minimum Gasteiger partial charge on any atom is -0.453 e. The normalized spacial score (nSPS) is 40.3. The van der Waals surface area contributed by atoms with Crippen LogP contribution in [0.5, 0.6) is 0 Å². The van der Waals surface area contributed by atoms with Gasteiger partial charge in [-0.1, -0.05) is 0 Å². The van der Waals surface area contributed by atoms with E-state index in [0.29, 0.717) is 11.8 Å². The van der Waals surface area contributed by atoms with Crippen LogP contribution in [-0.2, 0) is 4.74 Å². The van der Waals surface area contributed by atoms with Gasteiger partial charge >= 0.3 is 6.09 Å². The highest BCUT2D eigenvalue weighted by molar-refractivity contribution is 5.68. The van der Waals surface area contributed by atoms with Gasteiger partial charge in [-0.05, 0) is 55.8 Å². The summed E-state index contributed by atoms with van der Waals surface area (Å²) in [5, 5.41) is 8.94. The van der Waals surface area contributed by atoms with Crippen LogP contribution in [0.15, 0.2) is 0 Å². The molecule has 98 valence electrons. The first-order valence-corrected chi connectivity index (χ1v) is 6.94. The molecular weight excluding hydrogens is 228 g/mol. The highest BCUT2D eigenvalue weighted by Gasteiger charge is 2.51. The van der Waals surface area contributed by atoms with Crippen molar-refractivity contribution in [1.29, 1.82) is 5.26 Å². The Morgan fingerprint density at radius 1 is 1.22 bits per heavy atom. The molecule has 0 aromatic carbocycles. The van der Waals surface area contributed by atoms with Crippen molar-refractivity contribution in [2.75, 3.05) is 13.7 Å². The molecule has 1 amide bonds. The lowest BCUT2D eigenvalue weighted by molar-refractivity contribution is -0.0558. The molecule has 0 unspecified atom stereocenters. The molecule has 4 nitrogen and oxygen atoms in total. The van der Waals surface area contributed by atoms with Gasteiger partial charge < -0.3 is 4.74 Å². The smallest absolute Gasteiger partial charge is 0.410 e. The fourth-order valence-corrected chi connectivity index (χ4v) is 4.89. The molecule has 0 aromatic rings. The Balaban J connectivity index is 1.82. The average Bonchev–Trinajstić information content (AvgIpc) is 2.35. The van der Waals surface area contributed by atoms with Gasteiger partial charge in [0.15, 0.2) is 0 Å². The minimum absolute atomic E-state index is 0.166. The van der Waals surface area contributed by atoms with Crippen LogP contribution in [0.25, 0.3) is 0 Å². The van der Waals surface area contributed by atoms with Crippen LogP contribution in [0, 0.1) is 35.0 Å². The summed E-state index contributed by atoms with van der Waals surface area (Å²) in [6.07, 6.45) is 6.06. The lowest BCUT2D eigenvalue weighted by Crippen LogP contribution is -2.57. The van der Waals surface area contributed by atoms with Gasteiger partial charge in [-0.3, -0.25) is 4.90 Å². The molecule has 0 atom stereocenters. The molecule has 4 fully saturated rings. The molecule has 0 radical (unpaired) electrons. The van der Waals surface area contributed by atoms with Crippen LogP contribution in [0.4, 0.5) is 4.79 Å². The molecule has 4 rings (SSSR count). The molecule has 18 heavy (non-hydrogen) atoms. The van der Waals surface area contributed by atoms with Crippen LogP contribution in [0.3, 0.4) is 0 Å². The Kier molecular flexibility index (Phi) is 2.93. The first-order chi connectivity index (χ1) is 8.72. The van der Waals surface area contributed by atoms with Gasteiger partial charge in [0.2, 0.25) is 0 Å². The number of nitrogens with zero attached hydrogens (tertiary/aromatic N) is 2. The third kappa shape index (κ3) is 1.77. The number of amides is 1. The maximum Gasteiger partial charge on any atom is 0.410 e. The van der Waals surface area contributed by atoms with Crippen molar-refractivity contribution in [3.05, 3.63) is 0 Å². The molecular formula is C14H20N2O2. The zero-order chi connectivity index (χ0) is 12.7. The maximum absolute atomic E-state index is 11.9. The SMILES string of the molecule is COC(=O)N(CC#N)C1C2CC3CC(C2)CC1C3. The largest absolute Gasteiger partial charge is 0.453 e. The van der Waals surface area contributed by atoms with Gasteiger partial charge in [0, 0.05) is 6.04 Å². The van der Waals surface area contributed by atoms with E-state index >= 15 is 0 Å². The first kappa shape index (κ1) is 11.8. The van der Waals surface area contributed by atoms with Crippen molar-refractivity contribution >= 4 is 6.09 Å². The second-order valence-electron chi connectivity index (χ2n) is 6.18. The number of ether oxygens (including phenoxy) is 1. The zero-order valence-corrected chi connectivity index (χ0v) is 10.8. The second kappa shape index (κ2) is 4.46. The molecule has 4 saturated carbocycles. The van der Waals surface area contributed by atoms with Crippen molar-refractivity contribution in [2.24, 2.45) is 23.7 Å². The van der Waals surface area contributed by atoms with Crippen molar-refractivity contribution in [2.45, 2.75) is 38.1 Å². The van der Waals surface area contributed by atoms with E-state index in [0.717, 1.165) is 11.8 Å². The van der Waals surface area contributed by atoms with Crippen molar-refractivity contribution < 1.29 is 9.53 Å². The van der Waals surface area contributed by atoms with Crippen LogP contribution in [0.2, 0.25) is 0 Å². The van der Waals surface area contributed by atoms with Crippen LogP contribution < -0.4 is 0 Å². The van der Waals surface area contributed by atoms with E-state index in [1.54, 1.807) is 4.90 Å². The number of carbonyl (C=O) groups is 1. The Hall–Kier alpha value is -1.24. The minimum atomic E-state index is -0.325. The highest BCUT2D eigenvalue weighted by atomic mass is 16.5. The lowest BCUT2D eigenvalue weighted by atomic mass is 9.54. The van der Waals surface area contributed by atoms with Crippen LogP contribution in [0.1, 0.15) is 32.1 Å². The molecule has 4 heteroatoms. The van der Waals surface area contributed by atoms with Crippen molar-refractivity contribution in [1.82, 2.24) is 4.90 Å². The number of carbonyl (C=O) groups excluding carboxylic acids is 1. The topological polar surface area (TPSA) is 53.3 Å². The number of nitriles is 1. The van der Waals surface area contributed by atoms with Gasteiger partial charge in [-0.15, -0.1) is 0 Å². The monoisotopic (exact) mass is 248 g/mol. The second-order valence-corrected chi connectivity index (χ2v) is 6.18. The number of hydrogen-bond donors (Lipinski definition) is 0. The summed E-state index contributed by atoms with van der Waals surface area (Å²) in [7, 11) is 1.41. The van der Waals surface area contributed by atoms with E-state index in [4.69, 9.17) is 10.00 Å². The third-order valence-electron chi connectivity index (χ3n) is 5.19. The molecule has 0 spiro atoms. The van der Waals surface area contributed by atoms with Gasteiger partial charge in [-0.25, -0.2) is 4.79 Å². The van der Waals surface area contributed by atoms with E-state index in [9.17, 15) is 4.79 Å². The Morgan fingerprint density at radius 2 is 1.78 bits per heavy atom. The van der Waals surface area contributed by atoms with Crippen molar-refractivity contribution in [3.8, 4) is 6.07 Å². The van der Waals surface area contributed by atoms with Gasteiger partial charge in [0.05, 0.1) is 13.2 Å². The van der Waals surface area contributed by atoms with Gasteiger partial charge in [0.25, 0.3) is 0 Å². The quantitative estimate of drug-likeness (QED) is 0.705. The zero-order valence-electron chi connectivity index (χ0n) is 10.8. The summed E-state index contributed by atoms with van der Waals surface area (Å²) in [6, 6.07) is 2.37. The predicted octanol–water partition coefficient (Wildman–Crippen LogP) is 2.40. The number of hydrogen-bond acceptors (Lipinski definition) is 3. The molecule has 4 bridgehead atoms. The summed E-state index contributed by atoms with van der Waals surface area (Å²) >= 11 is 0. The van der Waals surface area contributed by atoms with Crippen LogP contribution >= 0.6 is 0 Å². The Labute approximate surface area is 108 Å². The molecule has 0 aromatic heterocycles. The molecule has 0 heterocycles. The first-order valence-electron chi connectivity index (χ1n) is 6.94. The summed E-state index contributed by atoms with van der Waals surface area (Å²) in [5.41, 5.74) is 0. The Bertz CT molecular complexity index is 360. The molecule has 0 N–H and O–H groups in total. The van der Waals surface area contributed by atoms with Gasteiger partial charge in [-0.2, -0.15) is 5.26 Å². The lowest BCUT2D eigenvalue weighted by Gasteiger charge is -2.56. The number of rotatable bonds is 2. The van der Waals surface area contributed by atoms with Crippen molar-refractivity contribution in [3.63, 3.8) is 0 Å². The standard InChI is InChI=1S/C14H20N2O2/c1-18-14(17)16(3-2-15)13-11-5-9-4-10(7-11)8-12(13)6-9/h9-13H,3-8H2,1H3. The fourth-order valence-electron chi connectivity index (χ4n) is 4.89. The summed E-state index contributed by atoms with van der Waals surface area (Å²) < 4.78 is 4.86. The van der Waals surface area contributed by atoms with E-state index in [1.807, 2.05) is 0 Å². The summed E-state index contributed by atoms with van der Waals surface area (Å²) in [6.45, 7) is 0.166. The molecule has 0 saturated heterocycles. The van der Waals surface area contributed by atoms with E-state index < -0.39 is 0 Å². The highest BCUT2D eigenvalue weighted by Crippen LogP contribution is 2.55. The maximum atomic E-state index is 11.9. The fraction of sp³-hybridized carbons (Fsp3) is 0.857. The van der Waals surface area contributed by atoms with E-state index in [-0.39, 0.29) is 18.7 Å². The Morgan fingerprint density at radius 3 is 2.22 bits per heavy atom. The van der Waals surface area contributed by atoms with E-state index in [2.05, 4.69) is 6.07 Å². The van der Waals surface area contributed by atoms with Crippen LogP contribution in [-0.4, -0.2) is 30.7 Å². The molecule has 4 aliphatic carbocycles. The molecule has 4 aliphatic rings. The van der Waals surface area contributed by atoms with Gasteiger partial charge in [0.1, 0.15) is 6.54 Å². The van der Waals surface area contributed by atoms with E-state index in [1.165, 1.54) is 39.2 Å². The summed E-state index contributed by atoms with van der Waals surface area (Å²) in [4.78, 5) is 13.6. The predicted molar refractivity (Wildman–Crippen MR) is 65.6 cm³/mol. The summed E-state index contributed by atoms with van der Waals surface area (Å²) in [5.74, 6) is 2.97.